The fourth-order valence-corrected chi connectivity index (χ4v) is 3.63. The molecule has 1 unspecified atom stereocenters. The molecular formula is C17H24Cl2N4O3S. The van der Waals surface area contributed by atoms with E-state index in [4.69, 9.17) is 10.2 Å². The number of rotatable bonds is 5. The van der Waals surface area contributed by atoms with E-state index in [0.29, 0.717) is 29.4 Å². The van der Waals surface area contributed by atoms with Crippen molar-refractivity contribution < 1.29 is 9.21 Å². The van der Waals surface area contributed by atoms with Crippen molar-refractivity contribution in [1.29, 1.82) is 0 Å². The Balaban J connectivity index is 0.00000182. The highest BCUT2D eigenvalue weighted by Gasteiger charge is 2.22. The lowest BCUT2D eigenvalue weighted by molar-refractivity contribution is 0.0949. The minimum absolute atomic E-state index is 0. The molecule has 0 spiro atoms. The number of anilines is 1. The lowest BCUT2D eigenvalue weighted by Crippen LogP contribution is -2.32. The number of piperidine rings is 1. The van der Waals surface area contributed by atoms with E-state index >= 15 is 0 Å². The van der Waals surface area contributed by atoms with Crippen LogP contribution >= 0.6 is 36.2 Å². The number of nitrogens with two attached hydrogens (primary N) is 1. The zero-order chi connectivity index (χ0) is 17.8. The summed E-state index contributed by atoms with van der Waals surface area (Å²) in [6.07, 6.45) is 2.60. The third-order valence-corrected chi connectivity index (χ3v) is 5.05. The first kappa shape index (κ1) is 23.4. The molecule has 150 valence electrons. The second-order valence-corrected chi connectivity index (χ2v) is 7.11. The van der Waals surface area contributed by atoms with Crippen LogP contribution in [0.1, 0.15) is 46.1 Å². The first-order valence-corrected chi connectivity index (χ1v) is 9.26. The average molecular weight is 435 g/mol. The van der Waals surface area contributed by atoms with Gasteiger partial charge in [-0.05, 0) is 37.9 Å². The summed E-state index contributed by atoms with van der Waals surface area (Å²) in [7, 11) is 0. The van der Waals surface area contributed by atoms with Gasteiger partial charge in [0.05, 0.1) is 5.69 Å². The zero-order valence-electron chi connectivity index (χ0n) is 14.9. The Kier molecular flexibility index (Phi) is 9.25. The number of aryl methyl sites for hydroxylation is 1. The predicted molar refractivity (Wildman–Crippen MR) is 112 cm³/mol. The van der Waals surface area contributed by atoms with Crippen LogP contribution in [0.25, 0.3) is 0 Å². The van der Waals surface area contributed by atoms with E-state index in [9.17, 15) is 9.59 Å². The number of thiazole rings is 1. The number of hydrogen-bond donors (Lipinski definition) is 3. The van der Waals surface area contributed by atoms with Crippen LogP contribution in [0.4, 0.5) is 5.13 Å². The summed E-state index contributed by atoms with van der Waals surface area (Å²) in [5, 5.41) is 8.41. The Bertz CT molecular complexity index is 819. The topological polar surface area (TPSA) is 110 Å². The molecule has 0 aliphatic carbocycles. The number of nitrogen functional groups attached to an aromatic ring is 1. The van der Waals surface area contributed by atoms with Gasteiger partial charge in [-0.15, -0.1) is 36.2 Å². The number of aromatic nitrogens is 1. The third kappa shape index (κ3) is 5.93. The van der Waals surface area contributed by atoms with E-state index in [1.807, 2.05) is 11.4 Å². The van der Waals surface area contributed by atoms with Gasteiger partial charge in [0.15, 0.2) is 5.13 Å². The number of carbonyl (C=O) groups excluding carboxylic acids is 1. The van der Waals surface area contributed by atoms with Crippen molar-refractivity contribution >= 4 is 47.2 Å². The van der Waals surface area contributed by atoms with Crippen LogP contribution in [0, 0.1) is 6.92 Å². The van der Waals surface area contributed by atoms with E-state index in [-0.39, 0.29) is 36.3 Å². The van der Waals surface area contributed by atoms with Crippen molar-refractivity contribution in [2.24, 2.45) is 0 Å². The van der Waals surface area contributed by atoms with Gasteiger partial charge in [-0.1, -0.05) is 0 Å². The van der Waals surface area contributed by atoms with E-state index in [0.717, 1.165) is 31.6 Å². The molecule has 0 saturated carbocycles. The van der Waals surface area contributed by atoms with E-state index in [1.165, 1.54) is 11.3 Å². The van der Waals surface area contributed by atoms with Crippen LogP contribution in [0.5, 0.6) is 0 Å². The molecule has 27 heavy (non-hydrogen) atoms. The predicted octanol–water partition coefficient (Wildman–Crippen LogP) is 2.27. The highest BCUT2D eigenvalue weighted by Crippen LogP contribution is 2.23. The maximum absolute atomic E-state index is 12.3. The van der Waals surface area contributed by atoms with Crippen LogP contribution in [0.3, 0.4) is 0 Å². The van der Waals surface area contributed by atoms with Gasteiger partial charge >= 0.3 is 5.63 Å². The Morgan fingerprint density at radius 3 is 2.85 bits per heavy atom. The summed E-state index contributed by atoms with van der Waals surface area (Å²) in [4.78, 5) is 28.8. The summed E-state index contributed by atoms with van der Waals surface area (Å²) in [6, 6.07) is 1.81. The monoisotopic (exact) mass is 434 g/mol. The van der Waals surface area contributed by atoms with Crippen molar-refractivity contribution in [3.05, 3.63) is 44.4 Å². The molecule has 2 aromatic heterocycles. The zero-order valence-corrected chi connectivity index (χ0v) is 17.4. The van der Waals surface area contributed by atoms with Crippen LogP contribution in [-0.4, -0.2) is 30.5 Å². The fourth-order valence-electron chi connectivity index (χ4n) is 3.03. The van der Waals surface area contributed by atoms with E-state index < -0.39 is 11.5 Å². The quantitative estimate of drug-likeness (QED) is 0.665. The molecular weight excluding hydrogens is 411 g/mol. The number of amides is 1. The van der Waals surface area contributed by atoms with Crippen molar-refractivity contribution in [3.63, 3.8) is 0 Å². The van der Waals surface area contributed by atoms with Gasteiger partial charge in [0.2, 0.25) is 0 Å². The second kappa shape index (κ2) is 10.7. The molecule has 1 amide bonds. The van der Waals surface area contributed by atoms with Crippen molar-refractivity contribution in [3.8, 4) is 0 Å². The van der Waals surface area contributed by atoms with Gasteiger partial charge in [0, 0.05) is 30.8 Å². The van der Waals surface area contributed by atoms with Gasteiger partial charge in [-0.25, -0.2) is 9.78 Å². The van der Waals surface area contributed by atoms with Crippen molar-refractivity contribution in [2.75, 3.05) is 25.4 Å². The molecule has 0 aromatic carbocycles. The molecule has 1 saturated heterocycles. The highest BCUT2D eigenvalue weighted by atomic mass is 35.5. The molecule has 1 atom stereocenters. The summed E-state index contributed by atoms with van der Waals surface area (Å²) in [5.41, 5.74) is 6.55. The van der Waals surface area contributed by atoms with E-state index in [2.05, 4.69) is 15.6 Å². The molecule has 7 nitrogen and oxygen atoms in total. The maximum atomic E-state index is 12.3. The number of halogens is 2. The van der Waals surface area contributed by atoms with E-state index in [1.54, 1.807) is 6.92 Å². The van der Waals surface area contributed by atoms with Crippen LogP contribution < -0.4 is 22.0 Å². The Hall–Kier alpha value is -1.61. The Morgan fingerprint density at radius 1 is 1.48 bits per heavy atom. The number of carbonyl (C=O) groups is 1. The first-order valence-electron chi connectivity index (χ1n) is 8.38. The summed E-state index contributed by atoms with van der Waals surface area (Å²) >= 11 is 1.36. The number of hydrogen-bond acceptors (Lipinski definition) is 7. The lowest BCUT2D eigenvalue weighted by atomic mass is 9.95. The largest absolute Gasteiger partial charge is 0.427 e. The van der Waals surface area contributed by atoms with Crippen LogP contribution in [-0.2, 0) is 6.42 Å². The van der Waals surface area contributed by atoms with Crippen LogP contribution in [0.15, 0.2) is 20.7 Å². The average Bonchev–Trinajstić information content (AvgIpc) is 3.00. The standard InChI is InChI=1S/C17H22N4O3S.2ClH/c1-10-7-13(11-3-2-5-19-8-11)24-16(23)14(10)15(22)20-6-4-12-9-25-17(18)21-12;;/h7,9,11,19H,2-6,8H2,1H3,(H2,18,21)(H,20,22);2*1H. The molecule has 1 aliphatic heterocycles. The molecule has 2 aromatic rings. The molecule has 1 fully saturated rings. The third-order valence-electron chi connectivity index (χ3n) is 4.33. The van der Waals surface area contributed by atoms with Gasteiger partial charge in [0.25, 0.3) is 5.91 Å². The normalized spacial score (nSPS) is 16.1. The molecule has 4 N–H and O–H groups in total. The second-order valence-electron chi connectivity index (χ2n) is 6.22. The summed E-state index contributed by atoms with van der Waals surface area (Å²) < 4.78 is 5.43. The van der Waals surface area contributed by atoms with Gasteiger partial charge in [0.1, 0.15) is 11.3 Å². The highest BCUT2D eigenvalue weighted by molar-refractivity contribution is 7.13. The van der Waals surface area contributed by atoms with Crippen molar-refractivity contribution in [1.82, 2.24) is 15.6 Å². The van der Waals surface area contributed by atoms with Crippen LogP contribution in [0.2, 0.25) is 0 Å². The fraction of sp³-hybridized carbons (Fsp3) is 0.471. The molecule has 3 rings (SSSR count). The minimum Gasteiger partial charge on any atom is -0.427 e. The van der Waals surface area contributed by atoms with Gasteiger partial charge in [-0.3, -0.25) is 4.79 Å². The summed E-state index contributed by atoms with van der Waals surface area (Å²) in [6.45, 7) is 3.94. The number of nitrogens with one attached hydrogen (secondary N) is 2. The minimum atomic E-state index is -0.573. The smallest absolute Gasteiger partial charge is 0.349 e. The lowest BCUT2D eigenvalue weighted by Gasteiger charge is -2.22. The molecule has 10 heteroatoms. The SMILES string of the molecule is Cc1cc(C2CCCNC2)oc(=O)c1C(=O)NCCc1csc(N)n1.Cl.Cl. The molecule has 3 heterocycles. The Labute approximate surface area is 174 Å². The Morgan fingerprint density at radius 2 is 2.26 bits per heavy atom. The molecule has 1 aliphatic rings. The number of nitrogens with zero attached hydrogens (tertiary/aromatic N) is 1. The van der Waals surface area contributed by atoms with Gasteiger partial charge in [-0.2, -0.15) is 0 Å². The maximum Gasteiger partial charge on any atom is 0.349 e. The molecule has 0 radical (unpaired) electrons. The summed E-state index contributed by atoms with van der Waals surface area (Å²) in [5.74, 6) is 0.430. The first-order chi connectivity index (χ1) is 12.0. The van der Waals surface area contributed by atoms with Crippen molar-refractivity contribution in [2.45, 2.75) is 32.1 Å². The molecule has 0 bridgehead atoms. The van der Waals surface area contributed by atoms with Gasteiger partial charge < -0.3 is 20.8 Å².